The maximum Gasteiger partial charge on any atom is 0.254 e. The summed E-state index contributed by atoms with van der Waals surface area (Å²) in [5.41, 5.74) is 2.75. The maximum atomic E-state index is 13.3. The number of hydrogen-bond acceptors (Lipinski definition) is 3. The number of carbonyl (C=O) groups excluding carboxylic acids is 1. The lowest BCUT2D eigenvalue weighted by molar-refractivity contribution is 0.0746. The van der Waals surface area contributed by atoms with E-state index in [1.54, 1.807) is 17.0 Å². The highest BCUT2D eigenvalue weighted by Crippen LogP contribution is 2.21. The van der Waals surface area contributed by atoms with Crippen LogP contribution in [0.15, 0.2) is 48.5 Å². The fraction of sp³-hybridized carbons (Fsp3) is 0.316. The molecule has 5 heteroatoms. The Morgan fingerprint density at radius 3 is 2.25 bits per heavy atom. The van der Waals surface area contributed by atoms with Crippen LogP contribution in [0.3, 0.4) is 0 Å². The van der Waals surface area contributed by atoms with Crippen LogP contribution in [-0.4, -0.2) is 51.1 Å². The Balaban J connectivity index is 1.62. The molecule has 0 spiro atoms. The molecular formula is C19H22FN3O. The summed E-state index contributed by atoms with van der Waals surface area (Å²) < 4.78 is 13.3. The van der Waals surface area contributed by atoms with Gasteiger partial charge in [0.05, 0.1) is 0 Å². The zero-order chi connectivity index (χ0) is 17.1. The monoisotopic (exact) mass is 327 g/mol. The van der Waals surface area contributed by atoms with Crippen LogP contribution < -0.4 is 9.80 Å². The van der Waals surface area contributed by atoms with Crippen LogP contribution in [-0.2, 0) is 0 Å². The van der Waals surface area contributed by atoms with Crippen molar-refractivity contribution in [1.29, 1.82) is 0 Å². The molecule has 126 valence electrons. The van der Waals surface area contributed by atoms with Gasteiger partial charge in [-0.25, -0.2) is 4.39 Å². The Morgan fingerprint density at radius 2 is 1.67 bits per heavy atom. The molecule has 1 fully saturated rings. The van der Waals surface area contributed by atoms with Crippen LogP contribution >= 0.6 is 0 Å². The molecule has 0 saturated carbocycles. The Hall–Kier alpha value is -2.56. The van der Waals surface area contributed by atoms with Crippen LogP contribution in [0.4, 0.5) is 15.8 Å². The van der Waals surface area contributed by atoms with Crippen molar-refractivity contribution in [3.8, 4) is 0 Å². The predicted molar refractivity (Wildman–Crippen MR) is 95.3 cm³/mol. The van der Waals surface area contributed by atoms with Gasteiger partial charge in [0.1, 0.15) is 5.82 Å². The molecule has 4 nitrogen and oxygen atoms in total. The third kappa shape index (κ3) is 3.50. The Labute approximate surface area is 142 Å². The summed E-state index contributed by atoms with van der Waals surface area (Å²) in [6, 6.07) is 14.3. The summed E-state index contributed by atoms with van der Waals surface area (Å²) in [7, 11) is 4.04. The number of benzene rings is 2. The highest BCUT2D eigenvalue weighted by molar-refractivity contribution is 5.94. The first kappa shape index (κ1) is 16.3. The summed E-state index contributed by atoms with van der Waals surface area (Å²) in [6.07, 6.45) is 0. The zero-order valence-corrected chi connectivity index (χ0v) is 14.1. The summed E-state index contributed by atoms with van der Waals surface area (Å²) in [5, 5.41) is 0. The van der Waals surface area contributed by atoms with E-state index >= 15 is 0 Å². The summed E-state index contributed by atoms with van der Waals surface area (Å²) in [4.78, 5) is 18.6. The average molecular weight is 327 g/mol. The molecule has 2 aromatic carbocycles. The van der Waals surface area contributed by atoms with E-state index < -0.39 is 0 Å². The quantitative estimate of drug-likeness (QED) is 0.867. The third-order valence-electron chi connectivity index (χ3n) is 4.37. The van der Waals surface area contributed by atoms with Crippen molar-refractivity contribution < 1.29 is 9.18 Å². The maximum absolute atomic E-state index is 13.3. The number of rotatable bonds is 3. The van der Waals surface area contributed by atoms with Crippen LogP contribution in [0.5, 0.6) is 0 Å². The molecule has 1 heterocycles. The number of halogens is 1. The van der Waals surface area contributed by atoms with Crippen molar-refractivity contribution in [2.75, 3.05) is 50.1 Å². The van der Waals surface area contributed by atoms with E-state index in [2.05, 4.69) is 34.1 Å². The van der Waals surface area contributed by atoms with Gasteiger partial charge in [0.15, 0.2) is 0 Å². The van der Waals surface area contributed by atoms with Crippen LogP contribution in [0.1, 0.15) is 10.4 Å². The van der Waals surface area contributed by atoms with Gasteiger partial charge >= 0.3 is 0 Å². The molecule has 24 heavy (non-hydrogen) atoms. The van der Waals surface area contributed by atoms with Crippen molar-refractivity contribution in [3.63, 3.8) is 0 Å². The Kier molecular flexibility index (Phi) is 4.69. The number of carbonyl (C=O) groups is 1. The standard InChI is InChI=1S/C19H22FN3O/c1-21(2)17-6-8-18(9-7-17)22-10-12-23(13-11-22)19(24)15-4-3-5-16(20)14-15/h3-9,14H,10-13H2,1-2H3. The fourth-order valence-corrected chi connectivity index (χ4v) is 2.93. The van der Waals surface area contributed by atoms with Crippen molar-refractivity contribution in [1.82, 2.24) is 4.90 Å². The minimum atomic E-state index is -0.375. The predicted octanol–water partition coefficient (Wildman–Crippen LogP) is 2.85. The second kappa shape index (κ2) is 6.91. The van der Waals surface area contributed by atoms with Crippen molar-refractivity contribution >= 4 is 17.3 Å². The molecule has 0 radical (unpaired) electrons. The van der Waals surface area contributed by atoms with Gasteiger partial charge in [0, 0.05) is 57.2 Å². The second-order valence-electron chi connectivity index (χ2n) is 6.20. The molecular weight excluding hydrogens is 305 g/mol. The molecule has 1 aliphatic rings. The van der Waals surface area contributed by atoms with Gasteiger partial charge in [0.25, 0.3) is 5.91 Å². The van der Waals surface area contributed by atoms with Gasteiger partial charge in [-0.15, -0.1) is 0 Å². The number of nitrogens with zero attached hydrogens (tertiary/aromatic N) is 3. The molecule has 0 aliphatic carbocycles. The summed E-state index contributed by atoms with van der Waals surface area (Å²) in [5.74, 6) is -0.474. The van der Waals surface area contributed by atoms with Gasteiger partial charge < -0.3 is 14.7 Å². The number of hydrogen-bond donors (Lipinski definition) is 0. The second-order valence-corrected chi connectivity index (χ2v) is 6.20. The molecule has 2 aromatic rings. The molecule has 1 saturated heterocycles. The highest BCUT2D eigenvalue weighted by Gasteiger charge is 2.22. The van der Waals surface area contributed by atoms with E-state index in [9.17, 15) is 9.18 Å². The van der Waals surface area contributed by atoms with E-state index in [0.717, 1.165) is 13.1 Å². The van der Waals surface area contributed by atoms with E-state index in [1.807, 2.05) is 14.1 Å². The largest absolute Gasteiger partial charge is 0.378 e. The Morgan fingerprint density at radius 1 is 1.00 bits per heavy atom. The smallest absolute Gasteiger partial charge is 0.254 e. The molecule has 3 rings (SSSR count). The SMILES string of the molecule is CN(C)c1ccc(N2CCN(C(=O)c3cccc(F)c3)CC2)cc1. The zero-order valence-electron chi connectivity index (χ0n) is 14.1. The van der Waals surface area contributed by atoms with Crippen LogP contribution in [0.2, 0.25) is 0 Å². The van der Waals surface area contributed by atoms with Gasteiger partial charge in [-0.05, 0) is 42.5 Å². The van der Waals surface area contributed by atoms with Crippen molar-refractivity contribution in [2.45, 2.75) is 0 Å². The number of amides is 1. The first-order valence-electron chi connectivity index (χ1n) is 8.12. The van der Waals surface area contributed by atoms with E-state index in [0.29, 0.717) is 18.7 Å². The van der Waals surface area contributed by atoms with Crippen LogP contribution in [0, 0.1) is 5.82 Å². The summed E-state index contributed by atoms with van der Waals surface area (Å²) >= 11 is 0. The Bertz CT molecular complexity index is 707. The number of anilines is 2. The lowest BCUT2D eigenvalue weighted by Gasteiger charge is -2.36. The molecule has 0 bridgehead atoms. The van der Waals surface area contributed by atoms with E-state index in [1.165, 1.54) is 23.5 Å². The molecule has 0 N–H and O–H groups in total. The van der Waals surface area contributed by atoms with Gasteiger partial charge in [0.2, 0.25) is 0 Å². The summed E-state index contributed by atoms with van der Waals surface area (Å²) in [6.45, 7) is 2.85. The van der Waals surface area contributed by atoms with Gasteiger partial charge in [-0.2, -0.15) is 0 Å². The molecule has 1 amide bonds. The minimum Gasteiger partial charge on any atom is -0.378 e. The van der Waals surface area contributed by atoms with E-state index in [-0.39, 0.29) is 11.7 Å². The molecule has 0 aromatic heterocycles. The first-order valence-corrected chi connectivity index (χ1v) is 8.12. The normalized spacial score (nSPS) is 14.6. The first-order chi connectivity index (χ1) is 11.5. The van der Waals surface area contributed by atoms with Crippen LogP contribution in [0.25, 0.3) is 0 Å². The topological polar surface area (TPSA) is 26.8 Å². The lowest BCUT2D eigenvalue weighted by Crippen LogP contribution is -2.48. The molecule has 0 unspecified atom stereocenters. The van der Waals surface area contributed by atoms with Crippen molar-refractivity contribution in [3.05, 3.63) is 59.9 Å². The fourth-order valence-electron chi connectivity index (χ4n) is 2.93. The minimum absolute atomic E-state index is 0.0999. The lowest BCUT2D eigenvalue weighted by atomic mass is 10.1. The number of piperazine rings is 1. The molecule has 0 atom stereocenters. The highest BCUT2D eigenvalue weighted by atomic mass is 19.1. The van der Waals surface area contributed by atoms with Gasteiger partial charge in [-0.1, -0.05) is 6.07 Å². The van der Waals surface area contributed by atoms with E-state index in [4.69, 9.17) is 0 Å². The average Bonchev–Trinajstić information content (AvgIpc) is 2.61. The van der Waals surface area contributed by atoms with Crippen molar-refractivity contribution in [2.24, 2.45) is 0 Å². The van der Waals surface area contributed by atoms with Gasteiger partial charge in [-0.3, -0.25) is 4.79 Å². The third-order valence-corrected chi connectivity index (χ3v) is 4.37. The molecule has 1 aliphatic heterocycles.